The number of thioether (sulfide) groups is 1. The highest BCUT2D eigenvalue weighted by Gasteiger charge is 2.57. The minimum atomic E-state index is -1.23. The largest absolute Gasteiger partial charge is 0.474 e. The van der Waals surface area contributed by atoms with Crippen LogP contribution >= 0.6 is 11.8 Å². The Morgan fingerprint density at radius 3 is 2.86 bits per heavy atom. The number of amides is 3. The van der Waals surface area contributed by atoms with Gasteiger partial charge in [-0.3, -0.25) is 4.79 Å². The molecule has 2 aliphatic heterocycles. The first kappa shape index (κ1) is 17.3. The number of anilines is 1. The summed E-state index contributed by atoms with van der Waals surface area (Å²) in [7, 11) is 0. The van der Waals surface area contributed by atoms with Gasteiger partial charge >= 0.3 is 6.03 Å². The highest BCUT2D eigenvalue weighted by Crippen LogP contribution is 2.60. The summed E-state index contributed by atoms with van der Waals surface area (Å²) in [5, 5.41) is 6.30. The molecule has 9 heteroatoms. The third-order valence-corrected chi connectivity index (χ3v) is 7.09. The standard InChI is InChI=1S/C19H19N5O3S/c1-9-11(5-6-13(22-9)27-10-3-2-4-10)19(17(20)25)15-14-12(23-18(26)24-15)7-8-21-16(14)28-19/h5-8,10,15H,2-4H2,1H3,(H2,20,25)(H2,23,24,26). The molecule has 0 spiro atoms. The fourth-order valence-corrected chi connectivity index (χ4v) is 5.47. The number of nitrogens with one attached hydrogen (secondary N) is 2. The predicted octanol–water partition coefficient (Wildman–Crippen LogP) is 2.38. The van der Waals surface area contributed by atoms with Crippen molar-refractivity contribution in [1.29, 1.82) is 0 Å². The molecule has 0 saturated heterocycles. The first-order valence-electron chi connectivity index (χ1n) is 9.19. The van der Waals surface area contributed by atoms with Gasteiger partial charge in [0.2, 0.25) is 11.8 Å². The maximum absolute atomic E-state index is 12.8. The lowest BCUT2D eigenvalue weighted by Crippen LogP contribution is -2.51. The monoisotopic (exact) mass is 397 g/mol. The number of carbonyl (C=O) groups is 2. The Morgan fingerprint density at radius 1 is 1.36 bits per heavy atom. The van der Waals surface area contributed by atoms with Crippen LogP contribution in [0, 0.1) is 6.92 Å². The van der Waals surface area contributed by atoms with E-state index in [1.54, 1.807) is 18.3 Å². The number of hydrogen-bond acceptors (Lipinski definition) is 6. The van der Waals surface area contributed by atoms with Gasteiger partial charge in [-0.2, -0.15) is 0 Å². The van der Waals surface area contributed by atoms with Crippen molar-refractivity contribution in [1.82, 2.24) is 15.3 Å². The predicted molar refractivity (Wildman–Crippen MR) is 103 cm³/mol. The Balaban J connectivity index is 1.61. The van der Waals surface area contributed by atoms with E-state index in [4.69, 9.17) is 10.5 Å². The third-order valence-electron chi connectivity index (χ3n) is 5.60. The lowest BCUT2D eigenvalue weighted by molar-refractivity contribution is -0.121. The molecule has 5 rings (SSSR count). The molecule has 2 aromatic heterocycles. The van der Waals surface area contributed by atoms with Gasteiger partial charge in [-0.1, -0.05) is 11.8 Å². The van der Waals surface area contributed by atoms with E-state index >= 15 is 0 Å². The lowest BCUT2D eigenvalue weighted by Gasteiger charge is -2.35. The van der Waals surface area contributed by atoms with Gasteiger partial charge in [0, 0.05) is 29.1 Å². The molecule has 3 amide bonds. The molecule has 0 aromatic carbocycles. The summed E-state index contributed by atoms with van der Waals surface area (Å²) in [6.07, 6.45) is 5.07. The molecule has 28 heavy (non-hydrogen) atoms. The highest BCUT2D eigenvalue weighted by molar-refractivity contribution is 8.01. The summed E-state index contributed by atoms with van der Waals surface area (Å²) in [5.74, 6) is -0.00884. The zero-order chi connectivity index (χ0) is 19.5. The number of hydrogen-bond donors (Lipinski definition) is 3. The molecule has 4 heterocycles. The van der Waals surface area contributed by atoms with E-state index in [-0.39, 0.29) is 12.1 Å². The Labute approximate surface area is 165 Å². The van der Waals surface area contributed by atoms with Crippen LogP contribution in [0.25, 0.3) is 0 Å². The number of pyridine rings is 2. The van der Waals surface area contributed by atoms with Gasteiger partial charge < -0.3 is 21.1 Å². The summed E-state index contributed by atoms with van der Waals surface area (Å²) in [4.78, 5) is 34.0. The van der Waals surface area contributed by atoms with Crippen LogP contribution in [0.5, 0.6) is 5.88 Å². The van der Waals surface area contributed by atoms with Crippen LogP contribution in [0.1, 0.15) is 42.1 Å². The van der Waals surface area contributed by atoms with Crippen molar-refractivity contribution >= 4 is 29.4 Å². The minimum Gasteiger partial charge on any atom is -0.474 e. The van der Waals surface area contributed by atoms with Crippen LogP contribution < -0.4 is 21.1 Å². The summed E-state index contributed by atoms with van der Waals surface area (Å²) >= 11 is 1.26. The maximum Gasteiger partial charge on any atom is 0.319 e. The molecule has 1 saturated carbocycles. The number of primary amides is 1. The molecular weight excluding hydrogens is 378 g/mol. The number of aryl methyl sites for hydroxylation is 1. The molecule has 144 valence electrons. The third kappa shape index (κ3) is 2.39. The summed E-state index contributed by atoms with van der Waals surface area (Å²) < 4.78 is 4.65. The molecule has 3 aliphatic rings. The Bertz CT molecular complexity index is 1010. The molecule has 8 nitrogen and oxygen atoms in total. The van der Waals surface area contributed by atoms with Gasteiger partial charge in [-0.05, 0) is 38.3 Å². The topological polar surface area (TPSA) is 119 Å². The number of aromatic nitrogens is 2. The van der Waals surface area contributed by atoms with E-state index in [9.17, 15) is 9.59 Å². The van der Waals surface area contributed by atoms with E-state index in [0.717, 1.165) is 18.4 Å². The quantitative estimate of drug-likeness (QED) is 0.729. The van der Waals surface area contributed by atoms with Gasteiger partial charge in [-0.15, -0.1) is 0 Å². The first-order chi connectivity index (χ1) is 13.5. The zero-order valence-electron chi connectivity index (χ0n) is 15.2. The summed E-state index contributed by atoms with van der Waals surface area (Å²) in [5.41, 5.74) is 8.65. The Hall–Kier alpha value is -2.81. The van der Waals surface area contributed by atoms with E-state index in [2.05, 4.69) is 20.6 Å². The van der Waals surface area contributed by atoms with Gasteiger partial charge in [0.1, 0.15) is 11.1 Å². The highest BCUT2D eigenvalue weighted by atomic mass is 32.2. The molecule has 2 atom stereocenters. The molecule has 4 N–H and O–H groups in total. The van der Waals surface area contributed by atoms with Crippen molar-refractivity contribution in [2.45, 2.75) is 48.1 Å². The first-order valence-corrected chi connectivity index (χ1v) is 10.0. The number of nitrogens with two attached hydrogens (primary N) is 1. The van der Waals surface area contributed by atoms with Crippen molar-refractivity contribution in [2.75, 3.05) is 5.32 Å². The van der Waals surface area contributed by atoms with Crippen molar-refractivity contribution in [3.8, 4) is 5.88 Å². The van der Waals surface area contributed by atoms with E-state index in [1.807, 2.05) is 13.0 Å². The number of nitrogens with zero attached hydrogens (tertiary/aromatic N) is 2. The van der Waals surface area contributed by atoms with Crippen LogP contribution in [0.3, 0.4) is 0 Å². The van der Waals surface area contributed by atoms with E-state index in [1.165, 1.54) is 18.2 Å². The van der Waals surface area contributed by atoms with E-state index in [0.29, 0.717) is 27.9 Å². The average molecular weight is 397 g/mol. The normalized spacial score (nSPS) is 25.3. The average Bonchev–Trinajstić information content (AvgIpc) is 2.95. The minimum absolute atomic E-state index is 0.212. The van der Waals surface area contributed by atoms with Gasteiger partial charge in [0.25, 0.3) is 0 Å². The van der Waals surface area contributed by atoms with Crippen LogP contribution in [0.2, 0.25) is 0 Å². The molecule has 1 aliphatic carbocycles. The number of ether oxygens (including phenoxy) is 1. The molecule has 0 radical (unpaired) electrons. The fourth-order valence-electron chi connectivity index (χ4n) is 3.99. The Kier molecular flexibility index (Phi) is 3.77. The van der Waals surface area contributed by atoms with E-state index < -0.39 is 16.7 Å². The van der Waals surface area contributed by atoms with Crippen LogP contribution in [0.15, 0.2) is 29.4 Å². The molecular formula is C19H19N5O3S. The molecule has 2 aromatic rings. The van der Waals surface area contributed by atoms with Crippen LogP contribution in [0.4, 0.5) is 10.5 Å². The van der Waals surface area contributed by atoms with Gasteiger partial charge in [0.15, 0.2) is 4.75 Å². The second-order valence-corrected chi connectivity index (χ2v) is 8.50. The maximum atomic E-state index is 12.8. The lowest BCUT2D eigenvalue weighted by atomic mass is 9.84. The number of rotatable bonds is 4. The van der Waals surface area contributed by atoms with Crippen molar-refractivity contribution in [3.05, 3.63) is 41.2 Å². The molecule has 2 unspecified atom stereocenters. The van der Waals surface area contributed by atoms with Crippen LogP contribution in [-0.4, -0.2) is 28.0 Å². The summed E-state index contributed by atoms with van der Waals surface area (Å²) in [6, 6.07) is 4.32. The Morgan fingerprint density at radius 2 is 2.18 bits per heavy atom. The number of urea groups is 1. The SMILES string of the molecule is Cc1nc(OC2CCC2)ccc1C1(C(N)=O)Sc2nccc3c2C1NC(=O)N3. The smallest absolute Gasteiger partial charge is 0.319 e. The van der Waals surface area contributed by atoms with Crippen molar-refractivity contribution in [2.24, 2.45) is 5.73 Å². The van der Waals surface area contributed by atoms with Gasteiger partial charge in [0.05, 0.1) is 11.7 Å². The van der Waals surface area contributed by atoms with Crippen LogP contribution in [-0.2, 0) is 9.54 Å². The van der Waals surface area contributed by atoms with Crippen molar-refractivity contribution in [3.63, 3.8) is 0 Å². The zero-order valence-corrected chi connectivity index (χ0v) is 16.0. The number of carbonyl (C=O) groups excluding carboxylic acids is 2. The molecule has 0 bridgehead atoms. The fraction of sp³-hybridized carbons (Fsp3) is 0.368. The van der Waals surface area contributed by atoms with Crippen molar-refractivity contribution < 1.29 is 14.3 Å². The van der Waals surface area contributed by atoms with Gasteiger partial charge in [-0.25, -0.2) is 14.8 Å². The second kappa shape index (κ2) is 6.10. The summed E-state index contributed by atoms with van der Waals surface area (Å²) in [6.45, 7) is 1.83. The second-order valence-electron chi connectivity index (χ2n) is 7.26. The molecule has 1 fully saturated rings.